The van der Waals surface area contributed by atoms with Gasteiger partial charge in [-0.1, -0.05) is 26.0 Å². The standard InChI is InChI=1S/C21H18N4O6S2/c1-11(2)10-33(29,30)21-24-32-20-23-18(26)15(17(22)25(20)21)9-14-6-7-16(31-14)12-4-3-5-13(8-12)19(27)28/h3-9,11,22H,10H2,1-2H3,(H,27,28). The van der Waals surface area contributed by atoms with E-state index in [1.165, 1.54) is 18.2 Å². The van der Waals surface area contributed by atoms with Gasteiger partial charge >= 0.3 is 5.97 Å². The van der Waals surface area contributed by atoms with Gasteiger partial charge in [0.25, 0.3) is 5.91 Å². The van der Waals surface area contributed by atoms with Gasteiger partial charge in [0.05, 0.1) is 28.8 Å². The number of furan rings is 1. The second-order valence-electron chi connectivity index (χ2n) is 7.67. The molecule has 1 aromatic carbocycles. The largest absolute Gasteiger partial charge is 0.478 e. The summed E-state index contributed by atoms with van der Waals surface area (Å²) in [5.74, 6) is -1.90. The molecule has 0 unspecified atom stereocenters. The van der Waals surface area contributed by atoms with Gasteiger partial charge in [0.2, 0.25) is 20.2 Å². The van der Waals surface area contributed by atoms with Crippen molar-refractivity contribution in [2.24, 2.45) is 15.3 Å². The Morgan fingerprint density at radius 2 is 2.06 bits per heavy atom. The first-order valence-electron chi connectivity index (χ1n) is 9.72. The highest BCUT2D eigenvalue weighted by atomic mass is 32.2. The van der Waals surface area contributed by atoms with Gasteiger partial charge < -0.3 is 9.52 Å². The van der Waals surface area contributed by atoms with E-state index in [-0.39, 0.29) is 44.7 Å². The van der Waals surface area contributed by atoms with Crippen molar-refractivity contribution in [3.05, 3.63) is 53.3 Å². The van der Waals surface area contributed by atoms with Crippen LogP contribution in [-0.4, -0.2) is 52.2 Å². The number of nitrogens with zero attached hydrogens (tertiary/aromatic N) is 3. The molecule has 12 heteroatoms. The lowest BCUT2D eigenvalue weighted by atomic mass is 10.1. The third kappa shape index (κ3) is 4.39. The van der Waals surface area contributed by atoms with Crippen LogP contribution in [0.1, 0.15) is 30.0 Å². The second-order valence-corrected chi connectivity index (χ2v) is 10.3. The Kier molecular flexibility index (Phi) is 5.80. The van der Waals surface area contributed by atoms with E-state index in [4.69, 9.17) is 14.9 Å². The lowest BCUT2D eigenvalue weighted by Gasteiger charge is -2.24. The summed E-state index contributed by atoms with van der Waals surface area (Å²) in [6, 6.07) is 9.32. The molecule has 4 rings (SSSR count). The Labute approximate surface area is 193 Å². The second kappa shape index (κ2) is 8.45. The van der Waals surface area contributed by atoms with Gasteiger partial charge in [-0.3, -0.25) is 10.2 Å². The number of nitrogens with one attached hydrogen (secondary N) is 1. The Hall–Kier alpha value is -3.51. The SMILES string of the molecule is CC(C)CS(=O)(=O)C1=NSC2=NC(=O)C(=Cc3ccc(-c4cccc(C(=O)O)c4)o3)C(=N)N21. The van der Waals surface area contributed by atoms with E-state index in [1.807, 2.05) is 0 Å². The maximum absolute atomic E-state index is 12.7. The molecule has 10 nitrogen and oxygen atoms in total. The van der Waals surface area contributed by atoms with E-state index >= 15 is 0 Å². The minimum Gasteiger partial charge on any atom is -0.478 e. The Balaban J connectivity index is 1.66. The van der Waals surface area contributed by atoms with Gasteiger partial charge in [-0.25, -0.2) is 18.1 Å². The van der Waals surface area contributed by atoms with Gasteiger partial charge in [0.15, 0.2) is 0 Å². The zero-order chi connectivity index (χ0) is 23.9. The molecule has 0 saturated heterocycles. The highest BCUT2D eigenvalue weighted by molar-refractivity contribution is 8.16. The maximum atomic E-state index is 12.7. The number of hydrogen-bond acceptors (Lipinski definition) is 8. The molecule has 0 atom stereocenters. The van der Waals surface area contributed by atoms with E-state index in [2.05, 4.69) is 9.39 Å². The minimum absolute atomic E-state index is 0.00935. The first-order valence-corrected chi connectivity index (χ1v) is 12.1. The average Bonchev–Trinajstić information content (AvgIpc) is 3.38. The summed E-state index contributed by atoms with van der Waals surface area (Å²) in [6.07, 6.45) is 1.30. The fourth-order valence-electron chi connectivity index (χ4n) is 3.25. The molecule has 0 saturated carbocycles. The molecule has 2 aliphatic heterocycles. The van der Waals surface area contributed by atoms with Crippen molar-refractivity contribution in [3.63, 3.8) is 0 Å². The number of fused-ring (bicyclic) bond motifs is 1. The van der Waals surface area contributed by atoms with Gasteiger partial charge in [0, 0.05) is 5.56 Å². The number of amidine groups is 3. The molecule has 2 N–H and O–H groups in total. The number of carbonyl (C=O) groups excluding carboxylic acids is 1. The van der Waals surface area contributed by atoms with Crippen LogP contribution in [0.4, 0.5) is 0 Å². The predicted molar refractivity (Wildman–Crippen MR) is 125 cm³/mol. The molecule has 170 valence electrons. The number of hydrogen-bond donors (Lipinski definition) is 2. The normalized spacial score (nSPS) is 17.4. The fourth-order valence-corrected chi connectivity index (χ4v) is 5.98. The van der Waals surface area contributed by atoms with Crippen LogP contribution in [0.3, 0.4) is 0 Å². The highest BCUT2D eigenvalue weighted by Crippen LogP contribution is 2.31. The van der Waals surface area contributed by atoms with E-state index in [9.17, 15) is 18.0 Å². The number of benzene rings is 1. The number of sulfone groups is 1. The zero-order valence-corrected chi connectivity index (χ0v) is 19.1. The summed E-state index contributed by atoms with van der Waals surface area (Å²) in [6.45, 7) is 3.51. The lowest BCUT2D eigenvalue weighted by molar-refractivity contribution is -0.114. The van der Waals surface area contributed by atoms with Crippen LogP contribution in [0, 0.1) is 11.3 Å². The van der Waals surface area contributed by atoms with Crippen LogP contribution >= 0.6 is 11.9 Å². The zero-order valence-electron chi connectivity index (χ0n) is 17.5. The summed E-state index contributed by atoms with van der Waals surface area (Å²) < 4.78 is 35.1. The summed E-state index contributed by atoms with van der Waals surface area (Å²) in [4.78, 5) is 28.7. The molecule has 33 heavy (non-hydrogen) atoms. The summed E-state index contributed by atoms with van der Waals surface area (Å²) >= 11 is 0.734. The van der Waals surface area contributed by atoms with E-state index in [0.717, 1.165) is 16.8 Å². The molecule has 0 bridgehead atoms. The van der Waals surface area contributed by atoms with Gasteiger partial charge in [0.1, 0.15) is 17.4 Å². The Bertz CT molecular complexity index is 1380. The molecule has 2 aromatic rings. The molecular weight excluding hydrogens is 468 g/mol. The molecule has 0 aliphatic carbocycles. The molecule has 1 aromatic heterocycles. The van der Waals surface area contributed by atoms with Crippen LogP contribution < -0.4 is 0 Å². The summed E-state index contributed by atoms with van der Waals surface area (Å²) in [5.41, 5.74) is 0.458. The number of aromatic carboxylic acids is 1. The topological polar surface area (TPSA) is 153 Å². The van der Waals surface area contributed by atoms with Crippen molar-refractivity contribution >= 4 is 55.9 Å². The van der Waals surface area contributed by atoms with Gasteiger partial charge in [-0.2, -0.15) is 9.39 Å². The smallest absolute Gasteiger partial charge is 0.335 e. The molecule has 3 heterocycles. The third-order valence-electron chi connectivity index (χ3n) is 4.63. The van der Waals surface area contributed by atoms with Crippen LogP contribution in [0.15, 0.2) is 55.8 Å². The van der Waals surface area contributed by atoms with Crippen molar-refractivity contribution in [1.29, 1.82) is 5.41 Å². The Morgan fingerprint density at radius 3 is 2.76 bits per heavy atom. The molecule has 1 amide bonds. The van der Waals surface area contributed by atoms with E-state index < -0.39 is 21.7 Å². The van der Waals surface area contributed by atoms with Gasteiger partial charge in [-0.05, 0) is 36.3 Å². The number of carboxylic acid groups (broad SMARTS) is 1. The van der Waals surface area contributed by atoms with Crippen molar-refractivity contribution in [1.82, 2.24) is 4.90 Å². The van der Waals surface area contributed by atoms with Crippen LogP contribution in [-0.2, 0) is 14.6 Å². The first-order chi connectivity index (χ1) is 15.6. The quantitative estimate of drug-likeness (QED) is 0.482. The first kappa shape index (κ1) is 22.7. The molecule has 0 radical (unpaired) electrons. The third-order valence-corrected chi connectivity index (χ3v) is 7.39. The van der Waals surface area contributed by atoms with Crippen molar-refractivity contribution < 1.29 is 27.5 Å². The highest BCUT2D eigenvalue weighted by Gasteiger charge is 2.42. The summed E-state index contributed by atoms with van der Waals surface area (Å²) in [7, 11) is -3.80. The Morgan fingerprint density at radius 1 is 1.30 bits per heavy atom. The van der Waals surface area contributed by atoms with Crippen LogP contribution in [0.2, 0.25) is 0 Å². The van der Waals surface area contributed by atoms with Crippen molar-refractivity contribution in [2.45, 2.75) is 13.8 Å². The van der Waals surface area contributed by atoms with Crippen molar-refractivity contribution in [3.8, 4) is 11.3 Å². The fraction of sp³-hybridized carbons (Fsp3) is 0.190. The summed E-state index contributed by atoms with van der Waals surface area (Å²) in [5, 5.41) is 17.3. The number of amides is 1. The van der Waals surface area contributed by atoms with E-state index in [0.29, 0.717) is 11.3 Å². The molecular formula is C21H18N4O6S2. The number of rotatable bonds is 5. The van der Waals surface area contributed by atoms with Crippen LogP contribution in [0.5, 0.6) is 0 Å². The van der Waals surface area contributed by atoms with Crippen LogP contribution in [0.25, 0.3) is 17.4 Å². The monoisotopic (exact) mass is 486 g/mol. The molecule has 0 fully saturated rings. The van der Waals surface area contributed by atoms with E-state index in [1.54, 1.807) is 38.1 Å². The predicted octanol–water partition coefficient (Wildman–Crippen LogP) is 3.29. The number of carbonyl (C=O) groups is 2. The number of carboxylic acids is 1. The minimum atomic E-state index is -3.80. The van der Waals surface area contributed by atoms with Crippen molar-refractivity contribution in [2.75, 3.05) is 5.75 Å². The molecule has 2 aliphatic rings. The lowest BCUT2D eigenvalue weighted by Crippen LogP contribution is -2.46. The maximum Gasteiger partial charge on any atom is 0.335 e. The van der Waals surface area contributed by atoms with Gasteiger partial charge in [-0.15, -0.1) is 0 Å². The number of aliphatic imine (C=N–C) groups is 1. The average molecular weight is 487 g/mol. The molecule has 0 spiro atoms.